The van der Waals surface area contributed by atoms with E-state index in [4.69, 9.17) is 5.73 Å². The van der Waals surface area contributed by atoms with Crippen LogP contribution in [0.25, 0.3) is 0 Å². The second-order valence-corrected chi connectivity index (χ2v) is 5.07. The lowest BCUT2D eigenvalue weighted by atomic mass is 10.0. The normalized spacial score (nSPS) is 11.6. The van der Waals surface area contributed by atoms with Crippen LogP contribution in [0.2, 0.25) is 0 Å². The van der Waals surface area contributed by atoms with Crippen molar-refractivity contribution >= 4 is 11.8 Å². The number of nitrogens with two attached hydrogens (primary N) is 1. The van der Waals surface area contributed by atoms with Gasteiger partial charge in [0.25, 0.3) is 0 Å². The van der Waals surface area contributed by atoms with Crippen LogP contribution in [0.4, 0.5) is 0 Å². The van der Waals surface area contributed by atoms with Crippen LogP contribution in [-0.2, 0) is 0 Å². The van der Waals surface area contributed by atoms with Crippen molar-refractivity contribution in [2.75, 3.05) is 5.75 Å². The van der Waals surface area contributed by atoms with Gasteiger partial charge in [-0.25, -0.2) is 0 Å². The van der Waals surface area contributed by atoms with Gasteiger partial charge in [-0.2, -0.15) is 0 Å². The van der Waals surface area contributed by atoms with Gasteiger partial charge in [0.2, 0.25) is 0 Å². The van der Waals surface area contributed by atoms with Gasteiger partial charge in [0, 0.05) is 10.4 Å². The topological polar surface area (TPSA) is 26.0 Å². The summed E-state index contributed by atoms with van der Waals surface area (Å²) in [5.41, 5.74) is 5.85. The Labute approximate surface area is 84.7 Å². The number of rotatable bonds is 4. The van der Waals surface area contributed by atoms with Gasteiger partial charge in [-0.3, -0.25) is 0 Å². The van der Waals surface area contributed by atoms with E-state index in [0.29, 0.717) is 0 Å². The number of hydrogen-bond acceptors (Lipinski definition) is 2. The minimum Gasteiger partial charge on any atom is -0.326 e. The van der Waals surface area contributed by atoms with Crippen LogP contribution in [0.5, 0.6) is 0 Å². The third kappa shape index (κ3) is 4.96. The van der Waals surface area contributed by atoms with Gasteiger partial charge in [0.05, 0.1) is 0 Å². The summed E-state index contributed by atoms with van der Waals surface area (Å²) in [6.07, 6.45) is 1.05. The number of thioether (sulfide) groups is 1. The minimum atomic E-state index is -0.0399. The summed E-state index contributed by atoms with van der Waals surface area (Å²) in [6.45, 7) is 4.14. The molecule has 0 spiro atoms. The maximum absolute atomic E-state index is 5.89. The first kappa shape index (κ1) is 10.6. The Bertz CT molecular complexity index is 238. The van der Waals surface area contributed by atoms with E-state index in [1.807, 2.05) is 17.8 Å². The molecule has 72 valence electrons. The first-order chi connectivity index (χ1) is 6.08. The lowest BCUT2D eigenvalue weighted by Crippen LogP contribution is -2.32. The number of hydrogen-bond donors (Lipinski definition) is 1. The molecule has 0 atom stereocenters. The molecule has 1 aromatic rings. The lowest BCUT2D eigenvalue weighted by Gasteiger charge is -2.17. The van der Waals surface area contributed by atoms with E-state index in [9.17, 15) is 0 Å². The average Bonchev–Trinajstić information content (AvgIpc) is 2.04. The molecule has 0 amide bonds. The van der Waals surface area contributed by atoms with Gasteiger partial charge in [-0.15, -0.1) is 11.8 Å². The summed E-state index contributed by atoms with van der Waals surface area (Å²) in [6, 6.07) is 10.4. The Hall–Kier alpha value is -0.470. The lowest BCUT2D eigenvalue weighted by molar-refractivity contribution is 0.506. The number of benzene rings is 1. The zero-order valence-electron chi connectivity index (χ0n) is 8.29. The van der Waals surface area contributed by atoms with E-state index in [1.165, 1.54) is 4.90 Å². The van der Waals surface area contributed by atoms with Gasteiger partial charge in [-0.05, 0) is 38.2 Å². The second-order valence-electron chi connectivity index (χ2n) is 3.90. The Balaban J connectivity index is 2.29. The summed E-state index contributed by atoms with van der Waals surface area (Å²) in [5, 5.41) is 0. The highest BCUT2D eigenvalue weighted by Gasteiger charge is 2.09. The van der Waals surface area contributed by atoms with Crippen molar-refractivity contribution in [1.82, 2.24) is 0 Å². The first-order valence-corrected chi connectivity index (χ1v) is 5.53. The summed E-state index contributed by atoms with van der Waals surface area (Å²) < 4.78 is 0. The zero-order valence-corrected chi connectivity index (χ0v) is 9.10. The monoisotopic (exact) mass is 195 g/mol. The first-order valence-electron chi connectivity index (χ1n) is 4.55. The van der Waals surface area contributed by atoms with Crippen molar-refractivity contribution in [2.24, 2.45) is 5.73 Å². The molecule has 0 aliphatic rings. The molecule has 0 aliphatic heterocycles. The fourth-order valence-electron chi connectivity index (χ4n) is 0.949. The van der Waals surface area contributed by atoms with Crippen molar-refractivity contribution < 1.29 is 0 Å². The third-order valence-corrected chi connectivity index (χ3v) is 2.77. The molecule has 1 rings (SSSR count). The highest BCUT2D eigenvalue weighted by atomic mass is 32.2. The Morgan fingerprint density at radius 2 is 1.85 bits per heavy atom. The van der Waals surface area contributed by atoms with Crippen LogP contribution in [0.1, 0.15) is 20.3 Å². The second kappa shape index (κ2) is 4.68. The molecule has 2 N–H and O–H groups in total. The molecule has 0 bridgehead atoms. The van der Waals surface area contributed by atoms with Crippen molar-refractivity contribution in [1.29, 1.82) is 0 Å². The van der Waals surface area contributed by atoms with Crippen LogP contribution < -0.4 is 5.73 Å². The smallest absolute Gasteiger partial charge is 0.0105 e. The summed E-state index contributed by atoms with van der Waals surface area (Å²) >= 11 is 1.87. The van der Waals surface area contributed by atoms with Crippen LogP contribution in [0.3, 0.4) is 0 Å². The average molecular weight is 195 g/mol. The van der Waals surface area contributed by atoms with E-state index < -0.39 is 0 Å². The standard InChI is InChI=1S/C11H17NS/c1-11(2,12)8-9-13-10-6-4-3-5-7-10/h3-7H,8-9,12H2,1-2H3. The molecular weight excluding hydrogens is 178 g/mol. The molecule has 0 aromatic heterocycles. The Kier molecular flexibility index (Phi) is 3.82. The molecule has 0 saturated heterocycles. The highest BCUT2D eigenvalue weighted by molar-refractivity contribution is 7.99. The molecular formula is C11H17NS. The Morgan fingerprint density at radius 1 is 1.23 bits per heavy atom. The summed E-state index contributed by atoms with van der Waals surface area (Å²) in [5.74, 6) is 1.09. The van der Waals surface area contributed by atoms with E-state index in [-0.39, 0.29) is 5.54 Å². The van der Waals surface area contributed by atoms with Gasteiger partial charge in [0.1, 0.15) is 0 Å². The predicted octanol–water partition coefficient (Wildman–Crippen LogP) is 2.91. The molecule has 1 aromatic carbocycles. The van der Waals surface area contributed by atoms with Gasteiger partial charge in [0.15, 0.2) is 0 Å². The van der Waals surface area contributed by atoms with E-state index in [1.54, 1.807) is 0 Å². The molecule has 0 aliphatic carbocycles. The maximum atomic E-state index is 5.89. The van der Waals surface area contributed by atoms with Crippen molar-refractivity contribution in [2.45, 2.75) is 30.7 Å². The fraction of sp³-hybridized carbons (Fsp3) is 0.455. The van der Waals surface area contributed by atoms with E-state index in [0.717, 1.165) is 12.2 Å². The molecule has 0 saturated carbocycles. The molecule has 13 heavy (non-hydrogen) atoms. The molecule has 0 unspecified atom stereocenters. The van der Waals surface area contributed by atoms with Crippen LogP contribution in [-0.4, -0.2) is 11.3 Å². The third-order valence-electron chi connectivity index (χ3n) is 1.76. The maximum Gasteiger partial charge on any atom is 0.0105 e. The van der Waals surface area contributed by atoms with Gasteiger partial charge in [-0.1, -0.05) is 18.2 Å². The van der Waals surface area contributed by atoms with Gasteiger partial charge >= 0.3 is 0 Å². The predicted molar refractivity (Wildman–Crippen MR) is 60.0 cm³/mol. The van der Waals surface area contributed by atoms with E-state index >= 15 is 0 Å². The van der Waals surface area contributed by atoms with Crippen LogP contribution in [0.15, 0.2) is 35.2 Å². The largest absolute Gasteiger partial charge is 0.326 e. The van der Waals surface area contributed by atoms with Crippen molar-refractivity contribution in [3.63, 3.8) is 0 Å². The van der Waals surface area contributed by atoms with Crippen LogP contribution >= 0.6 is 11.8 Å². The molecule has 0 heterocycles. The highest BCUT2D eigenvalue weighted by Crippen LogP contribution is 2.20. The molecule has 2 heteroatoms. The zero-order chi connectivity index (χ0) is 9.73. The molecule has 0 fully saturated rings. The summed E-state index contributed by atoms with van der Waals surface area (Å²) in [7, 11) is 0. The van der Waals surface area contributed by atoms with Crippen molar-refractivity contribution in [3.8, 4) is 0 Å². The SMILES string of the molecule is CC(C)(N)CCSc1ccccc1. The quantitative estimate of drug-likeness (QED) is 0.748. The van der Waals surface area contributed by atoms with Gasteiger partial charge < -0.3 is 5.73 Å². The van der Waals surface area contributed by atoms with Crippen LogP contribution in [0, 0.1) is 0 Å². The van der Waals surface area contributed by atoms with E-state index in [2.05, 4.69) is 38.1 Å². The fourth-order valence-corrected chi connectivity index (χ4v) is 2.16. The molecule has 1 nitrogen and oxygen atoms in total. The summed E-state index contributed by atoms with van der Waals surface area (Å²) in [4.78, 5) is 1.33. The minimum absolute atomic E-state index is 0.0399. The molecule has 0 radical (unpaired) electrons. The van der Waals surface area contributed by atoms with Crippen molar-refractivity contribution in [3.05, 3.63) is 30.3 Å². The Morgan fingerprint density at radius 3 is 2.38 bits per heavy atom.